The molecule has 1 amide bonds. The molecule has 1 aliphatic heterocycles. The van der Waals surface area contributed by atoms with E-state index < -0.39 is 0 Å². The van der Waals surface area contributed by atoms with Gasteiger partial charge in [-0.25, -0.2) is 14.8 Å². The fourth-order valence-corrected chi connectivity index (χ4v) is 3.00. The Hall–Kier alpha value is -3.00. The van der Waals surface area contributed by atoms with Crippen LogP contribution in [-0.4, -0.2) is 71.0 Å². The number of hydrogen-bond donors (Lipinski definition) is 1. The van der Waals surface area contributed by atoms with Crippen LogP contribution in [0, 0.1) is 0 Å². The summed E-state index contributed by atoms with van der Waals surface area (Å²) in [6.07, 6.45) is 1.57. The number of benzene rings is 1. The van der Waals surface area contributed by atoms with Gasteiger partial charge in [-0.15, -0.1) is 0 Å². The van der Waals surface area contributed by atoms with Gasteiger partial charge in [0.2, 0.25) is 5.95 Å². The molecule has 1 aromatic heterocycles. The summed E-state index contributed by atoms with van der Waals surface area (Å²) in [5, 5.41) is 3.06. The molecule has 8 nitrogen and oxygen atoms in total. The van der Waals surface area contributed by atoms with Crippen molar-refractivity contribution in [2.24, 2.45) is 0 Å². The topological polar surface area (TPSA) is 87.7 Å². The number of carbonyl (C=O) groups excluding carboxylic acids is 2. The number of esters is 1. The molecule has 0 aliphatic carbocycles. The number of ether oxygens (including phenoxy) is 1. The van der Waals surface area contributed by atoms with Crippen LogP contribution in [0.15, 0.2) is 36.5 Å². The van der Waals surface area contributed by atoms with E-state index in [4.69, 9.17) is 4.74 Å². The fourth-order valence-electron chi connectivity index (χ4n) is 3.00. The number of anilines is 2. The fraction of sp³-hybridized carbons (Fsp3) is 0.400. The molecule has 0 atom stereocenters. The van der Waals surface area contributed by atoms with Crippen molar-refractivity contribution in [1.29, 1.82) is 0 Å². The van der Waals surface area contributed by atoms with E-state index in [1.165, 1.54) is 0 Å². The second-order valence-electron chi connectivity index (χ2n) is 6.41. The van der Waals surface area contributed by atoms with Crippen LogP contribution in [0.4, 0.5) is 11.6 Å². The average molecular weight is 383 g/mol. The van der Waals surface area contributed by atoms with E-state index >= 15 is 0 Å². The number of carbonyl (C=O) groups is 2. The average Bonchev–Trinajstić information content (AvgIpc) is 2.74. The van der Waals surface area contributed by atoms with E-state index in [2.05, 4.69) is 27.1 Å². The number of amides is 1. The summed E-state index contributed by atoms with van der Waals surface area (Å²) in [7, 11) is 0. The van der Waals surface area contributed by atoms with E-state index in [-0.39, 0.29) is 11.9 Å². The lowest BCUT2D eigenvalue weighted by molar-refractivity contribution is 0.0526. The SMILES string of the molecule is CCOC(=O)c1ccc(Nc2nccc(C(=O)N3CCN(CC)CC3)n2)cc1. The van der Waals surface area contributed by atoms with Crippen molar-refractivity contribution in [2.75, 3.05) is 44.6 Å². The van der Waals surface area contributed by atoms with Crippen molar-refractivity contribution in [3.63, 3.8) is 0 Å². The Morgan fingerprint density at radius 1 is 1.07 bits per heavy atom. The number of nitrogens with zero attached hydrogens (tertiary/aromatic N) is 4. The summed E-state index contributed by atoms with van der Waals surface area (Å²) in [4.78, 5) is 37.1. The summed E-state index contributed by atoms with van der Waals surface area (Å²) in [6, 6.07) is 8.46. The van der Waals surface area contributed by atoms with Crippen molar-refractivity contribution in [3.8, 4) is 0 Å². The molecule has 148 valence electrons. The molecule has 1 aromatic carbocycles. The van der Waals surface area contributed by atoms with Crippen LogP contribution in [0.25, 0.3) is 0 Å². The van der Waals surface area contributed by atoms with Crippen LogP contribution in [0.5, 0.6) is 0 Å². The van der Waals surface area contributed by atoms with Crippen molar-refractivity contribution >= 4 is 23.5 Å². The van der Waals surface area contributed by atoms with Gasteiger partial charge in [-0.3, -0.25) is 4.79 Å². The molecule has 0 radical (unpaired) electrons. The predicted octanol–water partition coefficient (Wildman–Crippen LogP) is 2.17. The normalized spacial score (nSPS) is 14.6. The Kier molecular flexibility index (Phi) is 6.54. The minimum atomic E-state index is -0.360. The Labute approximate surface area is 164 Å². The van der Waals surface area contributed by atoms with Crippen LogP contribution in [0.2, 0.25) is 0 Å². The number of rotatable bonds is 6. The van der Waals surface area contributed by atoms with Gasteiger partial charge in [-0.1, -0.05) is 6.92 Å². The Balaban J connectivity index is 1.65. The lowest BCUT2D eigenvalue weighted by atomic mass is 10.2. The first-order chi connectivity index (χ1) is 13.6. The number of aromatic nitrogens is 2. The van der Waals surface area contributed by atoms with Crippen LogP contribution < -0.4 is 5.32 Å². The second kappa shape index (κ2) is 9.27. The third kappa shape index (κ3) is 4.83. The third-order valence-electron chi connectivity index (χ3n) is 4.63. The zero-order valence-electron chi connectivity index (χ0n) is 16.2. The van der Waals surface area contributed by atoms with Crippen LogP contribution in [0.1, 0.15) is 34.7 Å². The highest BCUT2D eigenvalue weighted by molar-refractivity contribution is 5.92. The van der Waals surface area contributed by atoms with Gasteiger partial charge in [0, 0.05) is 38.1 Å². The van der Waals surface area contributed by atoms with Gasteiger partial charge in [-0.2, -0.15) is 0 Å². The Bertz CT molecular complexity index is 817. The molecule has 2 heterocycles. The minimum Gasteiger partial charge on any atom is -0.462 e. The summed E-state index contributed by atoms with van der Waals surface area (Å²) < 4.78 is 4.97. The molecule has 1 saturated heterocycles. The van der Waals surface area contributed by atoms with Crippen LogP contribution in [-0.2, 0) is 4.74 Å². The number of likely N-dealkylation sites (N-methyl/N-ethyl adjacent to an activating group) is 1. The van der Waals surface area contributed by atoms with Gasteiger partial charge >= 0.3 is 5.97 Å². The van der Waals surface area contributed by atoms with E-state index in [9.17, 15) is 9.59 Å². The number of piperazine rings is 1. The number of hydrogen-bond acceptors (Lipinski definition) is 7. The zero-order chi connectivity index (χ0) is 19.9. The molecule has 2 aromatic rings. The lowest BCUT2D eigenvalue weighted by Crippen LogP contribution is -2.48. The van der Waals surface area contributed by atoms with Gasteiger partial charge in [0.25, 0.3) is 5.91 Å². The maximum atomic E-state index is 12.7. The van der Waals surface area contributed by atoms with E-state index in [0.717, 1.165) is 19.6 Å². The van der Waals surface area contributed by atoms with Crippen molar-refractivity contribution in [2.45, 2.75) is 13.8 Å². The smallest absolute Gasteiger partial charge is 0.338 e. The first kappa shape index (κ1) is 19.8. The first-order valence-electron chi connectivity index (χ1n) is 9.49. The Morgan fingerprint density at radius 3 is 2.43 bits per heavy atom. The van der Waals surface area contributed by atoms with Gasteiger partial charge in [0.05, 0.1) is 12.2 Å². The minimum absolute atomic E-state index is 0.0844. The van der Waals surface area contributed by atoms with Crippen molar-refractivity contribution < 1.29 is 14.3 Å². The summed E-state index contributed by atoms with van der Waals surface area (Å²) in [5.41, 5.74) is 1.56. The molecule has 1 fully saturated rings. The molecular formula is C20H25N5O3. The van der Waals surface area contributed by atoms with Gasteiger partial charge in [0.1, 0.15) is 5.69 Å². The van der Waals surface area contributed by atoms with E-state index in [1.54, 1.807) is 43.5 Å². The maximum absolute atomic E-state index is 12.7. The third-order valence-corrected chi connectivity index (χ3v) is 4.63. The van der Waals surface area contributed by atoms with Gasteiger partial charge in [0.15, 0.2) is 0 Å². The molecule has 0 bridgehead atoms. The molecule has 0 spiro atoms. The summed E-state index contributed by atoms with van der Waals surface area (Å²) in [6.45, 7) is 8.39. The molecule has 3 rings (SSSR count). The first-order valence-corrected chi connectivity index (χ1v) is 9.49. The standard InChI is InChI=1S/C20H25N5O3/c1-3-24-11-13-25(14-12-24)18(26)17-9-10-21-20(23-17)22-16-7-5-15(6-8-16)19(27)28-4-2/h5-10H,3-4,11-14H2,1-2H3,(H,21,22,23). The van der Waals surface area contributed by atoms with Crippen molar-refractivity contribution in [3.05, 3.63) is 47.8 Å². The second-order valence-corrected chi connectivity index (χ2v) is 6.41. The predicted molar refractivity (Wildman–Crippen MR) is 106 cm³/mol. The largest absolute Gasteiger partial charge is 0.462 e. The number of nitrogens with one attached hydrogen (secondary N) is 1. The Morgan fingerprint density at radius 2 is 1.79 bits per heavy atom. The molecule has 0 unspecified atom stereocenters. The molecular weight excluding hydrogens is 358 g/mol. The van der Waals surface area contributed by atoms with Crippen LogP contribution >= 0.6 is 0 Å². The maximum Gasteiger partial charge on any atom is 0.338 e. The summed E-state index contributed by atoms with van der Waals surface area (Å²) >= 11 is 0. The molecule has 28 heavy (non-hydrogen) atoms. The van der Waals surface area contributed by atoms with E-state index in [0.29, 0.717) is 42.6 Å². The highest BCUT2D eigenvalue weighted by Gasteiger charge is 2.22. The van der Waals surface area contributed by atoms with Gasteiger partial charge < -0.3 is 19.9 Å². The molecule has 8 heteroatoms. The quantitative estimate of drug-likeness (QED) is 0.765. The zero-order valence-corrected chi connectivity index (χ0v) is 16.2. The van der Waals surface area contributed by atoms with Gasteiger partial charge in [-0.05, 0) is 43.8 Å². The summed E-state index contributed by atoms with van der Waals surface area (Å²) in [5.74, 6) is -0.109. The molecule has 1 N–H and O–H groups in total. The molecule has 0 saturated carbocycles. The lowest BCUT2D eigenvalue weighted by Gasteiger charge is -2.33. The highest BCUT2D eigenvalue weighted by Crippen LogP contribution is 2.15. The van der Waals surface area contributed by atoms with Crippen LogP contribution in [0.3, 0.4) is 0 Å². The van der Waals surface area contributed by atoms with E-state index in [1.807, 2.05) is 4.90 Å². The highest BCUT2D eigenvalue weighted by atomic mass is 16.5. The molecule has 1 aliphatic rings. The van der Waals surface area contributed by atoms with Crippen molar-refractivity contribution in [1.82, 2.24) is 19.8 Å². The monoisotopic (exact) mass is 383 g/mol.